The molecular formula is C13H19N3. The van der Waals surface area contributed by atoms with Crippen LogP contribution in [0.4, 0.5) is 0 Å². The van der Waals surface area contributed by atoms with E-state index < -0.39 is 0 Å². The fourth-order valence-electron chi connectivity index (χ4n) is 1.83. The fourth-order valence-corrected chi connectivity index (χ4v) is 1.83. The van der Waals surface area contributed by atoms with Gasteiger partial charge in [-0.05, 0) is 29.5 Å². The number of pyridine rings is 1. The van der Waals surface area contributed by atoms with E-state index in [1.165, 1.54) is 0 Å². The van der Waals surface area contributed by atoms with Crippen molar-refractivity contribution in [2.75, 3.05) is 0 Å². The second-order valence-corrected chi connectivity index (χ2v) is 5.47. The van der Waals surface area contributed by atoms with Crippen LogP contribution in [-0.4, -0.2) is 9.38 Å². The minimum Gasteiger partial charge on any atom is -0.326 e. The molecule has 2 rings (SSSR count). The number of imidazole rings is 1. The summed E-state index contributed by atoms with van der Waals surface area (Å²) in [7, 11) is 0. The van der Waals surface area contributed by atoms with Crippen LogP contribution >= 0.6 is 0 Å². The molecule has 3 heteroatoms. The van der Waals surface area contributed by atoms with E-state index in [1.807, 2.05) is 18.3 Å². The van der Waals surface area contributed by atoms with Gasteiger partial charge in [-0.15, -0.1) is 0 Å². The highest BCUT2D eigenvalue weighted by Gasteiger charge is 2.13. The predicted molar refractivity (Wildman–Crippen MR) is 66.2 cm³/mol. The molecule has 0 bridgehead atoms. The maximum Gasteiger partial charge on any atom is 0.137 e. The molecule has 0 amide bonds. The number of hydrogen-bond donors (Lipinski definition) is 1. The number of aromatic nitrogens is 2. The summed E-state index contributed by atoms with van der Waals surface area (Å²) in [5.74, 6) is 0. The average molecular weight is 217 g/mol. The van der Waals surface area contributed by atoms with E-state index >= 15 is 0 Å². The smallest absolute Gasteiger partial charge is 0.137 e. The Morgan fingerprint density at radius 3 is 2.75 bits per heavy atom. The summed E-state index contributed by atoms with van der Waals surface area (Å²) in [4.78, 5) is 4.61. The molecule has 0 fully saturated rings. The molecule has 86 valence electrons. The number of fused-ring (bicyclic) bond motifs is 1. The number of hydrogen-bond acceptors (Lipinski definition) is 2. The van der Waals surface area contributed by atoms with Crippen molar-refractivity contribution in [2.45, 2.75) is 33.7 Å². The molecule has 3 nitrogen and oxygen atoms in total. The topological polar surface area (TPSA) is 43.3 Å². The predicted octanol–water partition coefficient (Wildman–Crippen LogP) is 2.38. The monoisotopic (exact) mass is 217 g/mol. The van der Waals surface area contributed by atoms with Crippen molar-refractivity contribution in [1.82, 2.24) is 9.38 Å². The standard InChI is InChI=1S/C13H19N3/c1-13(2,3)7-11-9-16-5-4-10(8-14)6-12(16)15-11/h4-6,9H,7-8,14H2,1-3H3. The molecule has 0 aliphatic carbocycles. The highest BCUT2D eigenvalue weighted by molar-refractivity contribution is 5.43. The summed E-state index contributed by atoms with van der Waals surface area (Å²) in [5.41, 5.74) is 9.14. The van der Waals surface area contributed by atoms with Crippen molar-refractivity contribution in [3.05, 3.63) is 35.8 Å². The van der Waals surface area contributed by atoms with E-state index in [-0.39, 0.29) is 5.41 Å². The molecule has 0 aliphatic heterocycles. The van der Waals surface area contributed by atoms with E-state index in [0.717, 1.165) is 23.3 Å². The second-order valence-electron chi connectivity index (χ2n) is 5.47. The Labute approximate surface area is 96.3 Å². The summed E-state index contributed by atoms with van der Waals surface area (Å²) in [5, 5.41) is 0. The van der Waals surface area contributed by atoms with Gasteiger partial charge in [-0.25, -0.2) is 4.98 Å². The molecule has 2 heterocycles. The summed E-state index contributed by atoms with van der Waals surface area (Å²) < 4.78 is 2.06. The first-order valence-corrected chi connectivity index (χ1v) is 5.64. The molecule has 0 unspecified atom stereocenters. The van der Waals surface area contributed by atoms with Crippen molar-refractivity contribution in [2.24, 2.45) is 11.1 Å². The lowest BCUT2D eigenvalue weighted by Crippen LogP contribution is -2.09. The molecule has 0 spiro atoms. The van der Waals surface area contributed by atoms with Crippen LogP contribution in [0.1, 0.15) is 32.0 Å². The molecule has 16 heavy (non-hydrogen) atoms. The van der Waals surface area contributed by atoms with Crippen molar-refractivity contribution < 1.29 is 0 Å². The third kappa shape index (κ3) is 2.42. The zero-order chi connectivity index (χ0) is 11.8. The first kappa shape index (κ1) is 11.1. The van der Waals surface area contributed by atoms with Gasteiger partial charge in [-0.1, -0.05) is 20.8 Å². The summed E-state index contributed by atoms with van der Waals surface area (Å²) >= 11 is 0. The van der Waals surface area contributed by atoms with Gasteiger partial charge in [0.25, 0.3) is 0 Å². The Hall–Kier alpha value is -1.35. The molecule has 0 saturated carbocycles. The highest BCUT2D eigenvalue weighted by atomic mass is 15.0. The number of nitrogens with two attached hydrogens (primary N) is 1. The first-order valence-electron chi connectivity index (χ1n) is 5.64. The van der Waals surface area contributed by atoms with Crippen molar-refractivity contribution in [3.8, 4) is 0 Å². The molecule has 0 saturated heterocycles. The van der Waals surface area contributed by atoms with E-state index in [4.69, 9.17) is 5.73 Å². The van der Waals surface area contributed by atoms with Gasteiger partial charge in [-0.2, -0.15) is 0 Å². The zero-order valence-corrected chi connectivity index (χ0v) is 10.2. The van der Waals surface area contributed by atoms with Crippen molar-refractivity contribution >= 4 is 5.65 Å². The van der Waals surface area contributed by atoms with E-state index in [2.05, 4.69) is 36.4 Å². The van der Waals surface area contributed by atoms with Crippen LogP contribution in [0.3, 0.4) is 0 Å². The van der Waals surface area contributed by atoms with E-state index in [0.29, 0.717) is 6.54 Å². The van der Waals surface area contributed by atoms with Gasteiger partial charge in [-0.3, -0.25) is 0 Å². The van der Waals surface area contributed by atoms with Crippen LogP contribution in [0.15, 0.2) is 24.5 Å². The van der Waals surface area contributed by atoms with Crippen LogP contribution in [0.2, 0.25) is 0 Å². The maximum absolute atomic E-state index is 5.61. The summed E-state index contributed by atoms with van der Waals surface area (Å²) in [6.45, 7) is 7.24. The second kappa shape index (κ2) is 3.91. The van der Waals surface area contributed by atoms with Crippen LogP contribution < -0.4 is 5.73 Å². The molecule has 2 aromatic rings. The Morgan fingerprint density at radius 2 is 2.12 bits per heavy atom. The Morgan fingerprint density at radius 1 is 1.38 bits per heavy atom. The normalized spacial score (nSPS) is 12.2. The SMILES string of the molecule is CC(C)(C)Cc1cn2ccc(CN)cc2n1. The van der Waals surface area contributed by atoms with Gasteiger partial charge >= 0.3 is 0 Å². The van der Waals surface area contributed by atoms with Gasteiger partial charge in [0.2, 0.25) is 0 Å². The maximum atomic E-state index is 5.61. The summed E-state index contributed by atoms with van der Waals surface area (Å²) in [6, 6.07) is 4.09. The van der Waals surface area contributed by atoms with Crippen LogP contribution in [0, 0.1) is 5.41 Å². The zero-order valence-electron chi connectivity index (χ0n) is 10.2. The van der Waals surface area contributed by atoms with Crippen LogP contribution in [0.25, 0.3) is 5.65 Å². The van der Waals surface area contributed by atoms with Gasteiger partial charge in [0.15, 0.2) is 0 Å². The molecule has 2 N–H and O–H groups in total. The van der Waals surface area contributed by atoms with Gasteiger partial charge in [0.05, 0.1) is 5.69 Å². The number of rotatable bonds is 2. The lowest BCUT2D eigenvalue weighted by Gasteiger charge is -2.15. The molecule has 0 radical (unpaired) electrons. The van der Waals surface area contributed by atoms with Crippen molar-refractivity contribution in [1.29, 1.82) is 0 Å². The van der Waals surface area contributed by atoms with Gasteiger partial charge in [0.1, 0.15) is 5.65 Å². The Balaban J connectivity index is 2.36. The van der Waals surface area contributed by atoms with Gasteiger partial charge < -0.3 is 10.1 Å². The summed E-state index contributed by atoms with van der Waals surface area (Å²) in [6.07, 6.45) is 5.12. The minimum atomic E-state index is 0.272. The Bertz CT molecular complexity index is 491. The molecule has 2 aromatic heterocycles. The fraction of sp³-hybridized carbons (Fsp3) is 0.462. The lowest BCUT2D eigenvalue weighted by atomic mass is 9.91. The van der Waals surface area contributed by atoms with Gasteiger partial charge in [0, 0.05) is 18.9 Å². The van der Waals surface area contributed by atoms with Crippen LogP contribution in [0.5, 0.6) is 0 Å². The molecule has 0 atom stereocenters. The minimum absolute atomic E-state index is 0.272. The third-order valence-electron chi connectivity index (χ3n) is 2.52. The van der Waals surface area contributed by atoms with E-state index in [1.54, 1.807) is 0 Å². The first-order chi connectivity index (χ1) is 7.48. The van der Waals surface area contributed by atoms with E-state index in [9.17, 15) is 0 Å². The van der Waals surface area contributed by atoms with Crippen LogP contribution in [-0.2, 0) is 13.0 Å². The molecular weight excluding hydrogens is 198 g/mol. The highest BCUT2D eigenvalue weighted by Crippen LogP contribution is 2.20. The molecule has 0 aliphatic rings. The molecule has 0 aromatic carbocycles. The quantitative estimate of drug-likeness (QED) is 0.839. The van der Waals surface area contributed by atoms with Crippen molar-refractivity contribution in [3.63, 3.8) is 0 Å². The lowest BCUT2D eigenvalue weighted by molar-refractivity contribution is 0.407. The Kier molecular flexibility index (Phi) is 2.72. The largest absolute Gasteiger partial charge is 0.326 e. The third-order valence-corrected chi connectivity index (χ3v) is 2.52. The number of nitrogens with zero attached hydrogens (tertiary/aromatic N) is 2. The average Bonchev–Trinajstić information content (AvgIpc) is 2.55.